The number of carbonyl (C=O) groups excluding carboxylic acids is 2. The number of amides is 2. The Morgan fingerprint density at radius 2 is 1.77 bits per heavy atom. The molecule has 31 heavy (non-hydrogen) atoms. The molecule has 1 saturated heterocycles. The Morgan fingerprint density at radius 1 is 1.06 bits per heavy atom. The zero-order valence-corrected chi connectivity index (χ0v) is 17.8. The van der Waals surface area contributed by atoms with Crippen LogP contribution in [0.15, 0.2) is 60.3 Å². The first-order valence-corrected chi connectivity index (χ1v) is 10.5. The van der Waals surface area contributed by atoms with E-state index >= 15 is 0 Å². The molecule has 7 heteroatoms. The molecule has 0 bridgehead atoms. The molecule has 0 atom stereocenters. The third-order valence-corrected chi connectivity index (χ3v) is 5.00. The van der Waals surface area contributed by atoms with E-state index in [2.05, 4.69) is 15.5 Å². The van der Waals surface area contributed by atoms with Crippen LogP contribution in [0.25, 0.3) is 6.08 Å². The van der Waals surface area contributed by atoms with E-state index in [4.69, 9.17) is 9.47 Å². The number of nitrogens with one attached hydrogen (secondary N) is 2. The lowest BCUT2D eigenvalue weighted by Gasteiger charge is -2.26. The first kappa shape index (κ1) is 22.5. The number of ether oxygens (including phenoxy) is 2. The summed E-state index contributed by atoms with van der Waals surface area (Å²) in [4.78, 5) is 27.8. The molecule has 2 N–H and O–H groups in total. The van der Waals surface area contributed by atoms with Gasteiger partial charge in [-0.15, -0.1) is 0 Å². The first-order valence-electron chi connectivity index (χ1n) is 10.5. The van der Waals surface area contributed by atoms with Crippen LogP contribution in [-0.2, 0) is 9.53 Å². The minimum absolute atomic E-state index is 0.199. The van der Waals surface area contributed by atoms with Crippen molar-refractivity contribution in [1.82, 2.24) is 15.5 Å². The van der Waals surface area contributed by atoms with Gasteiger partial charge in [-0.05, 0) is 48.9 Å². The van der Waals surface area contributed by atoms with Gasteiger partial charge < -0.3 is 20.1 Å². The van der Waals surface area contributed by atoms with Crippen molar-refractivity contribution in [2.24, 2.45) is 0 Å². The fourth-order valence-electron chi connectivity index (χ4n) is 3.23. The Labute approximate surface area is 183 Å². The largest absolute Gasteiger partial charge is 0.497 e. The van der Waals surface area contributed by atoms with Gasteiger partial charge in [-0.1, -0.05) is 30.3 Å². The van der Waals surface area contributed by atoms with Gasteiger partial charge in [0.1, 0.15) is 11.4 Å². The van der Waals surface area contributed by atoms with E-state index < -0.39 is 0 Å². The average molecular weight is 424 g/mol. The summed E-state index contributed by atoms with van der Waals surface area (Å²) in [5.41, 5.74) is 1.47. The maximum atomic E-state index is 12.8. The number of carbonyl (C=O) groups is 2. The fraction of sp³-hybridized carbons (Fsp3) is 0.333. The molecule has 0 aliphatic carbocycles. The van der Waals surface area contributed by atoms with Crippen LogP contribution < -0.4 is 15.4 Å². The van der Waals surface area contributed by atoms with Gasteiger partial charge in [0, 0.05) is 25.2 Å². The molecule has 1 aliphatic heterocycles. The minimum Gasteiger partial charge on any atom is -0.497 e. The van der Waals surface area contributed by atoms with Gasteiger partial charge in [-0.3, -0.25) is 14.5 Å². The molecular weight excluding hydrogens is 394 g/mol. The molecule has 7 nitrogen and oxygen atoms in total. The van der Waals surface area contributed by atoms with Crippen molar-refractivity contribution in [2.45, 2.75) is 6.42 Å². The van der Waals surface area contributed by atoms with Crippen LogP contribution in [0.5, 0.6) is 5.75 Å². The second kappa shape index (κ2) is 11.9. The highest BCUT2D eigenvalue weighted by molar-refractivity contribution is 6.05. The van der Waals surface area contributed by atoms with Crippen LogP contribution in [0, 0.1) is 0 Å². The number of benzene rings is 2. The fourth-order valence-corrected chi connectivity index (χ4v) is 3.23. The normalized spacial score (nSPS) is 14.7. The van der Waals surface area contributed by atoms with Crippen LogP contribution in [0.3, 0.4) is 0 Å². The highest BCUT2D eigenvalue weighted by Gasteiger charge is 2.15. The maximum Gasteiger partial charge on any atom is 0.267 e. The number of methoxy groups -OCH3 is 1. The highest BCUT2D eigenvalue weighted by Crippen LogP contribution is 2.14. The van der Waals surface area contributed by atoms with Crippen molar-refractivity contribution >= 4 is 17.9 Å². The number of morpholine rings is 1. The molecule has 0 radical (unpaired) electrons. The predicted octanol–water partition coefficient (Wildman–Crippen LogP) is 2.30. The van der Waals surface area contributed by atoms with Crippen molar-refractivity contribution in [2.75, 3.05) is 46.5 Å². The zero-order chi connectivity index (χ0) is 21.9. The van der Waals surface area contributed by atoms with Crippen molar-refractivity contribution < 1.29 is 19.1 Å². The Kier molecular flexibility index (Phi) is 8.63. The van der Waals surface area contributed by atoms with E-state index in [-0.39, 0.29) is 17.5 Å². The van der Waals surface area contributed by atoms with Gasteiger partial charge >= 0.3 is 0 Å². The third-order valence-electron chi connectivity index (χ3n) is 5.00. The number of hydrogen-bond donors (Lipinski definition) is 2. The predicted molar refractivity (Wildman–Crippen MR) is 120 cm³/mol. The van der Waals surface area contributed by atoms with Crippen LogP contribution in [0.4, 0.5) is 0 Å². The van der Waals surface area contributed by atoms with Crippen molar-refractivity contribution in [3.8, 4) is 5.75 Å². The molecule has 0 saturated carbocycles. The second-order valence-corrected chi connectivity index (χ2v) is 7.21. The number of hydrogen-bond acceptors (Lipinski definition) is 5. The second-order valence-electron chi connectivity index (χ2n) is 7.21. The average Bonchev–Trinajstić information content (AvgIpc) is 2.83. The van der Waals surface area contributed by atoms with Crippen LogP contribution in [0.2, 0.25) is 0 Å². The van der Waals surface area contributed by atoms with Crippen molar-refractivity contribution in [3.05, 3.63) is 71.4 Å². The van der Waals surface area contributed by atoms with Gasteiger partial charge in [-0.25, -0.2) is 0 Å². The van der Waals surface area contributed by atoms with Gasteiger partial charge in [0.25, 0.3) is 11.8 Å². The Morgan fingerprint density at radius 3 is 2.45 bits per heavy atom. The van der Waals surface area contributed by atoms with E-state index in [1.165, 1.54) is 0 Å². The van der Waals surface area contributed by atoms with Gasteiger partial charge in [0.2, 0.25) is 0 Å². The molecule has 2 amide bonds. The summed E-state index contributed by atoms with van der Waals surface area (Å²) in [6.45, 7) is 4.78. The molecule has 164 valence electrons. The molecule has 2 aromatic rings. The Bertz CT molecular complexity index is 875. The van der Waals surface area contributed by atoms with E-state index in [1.807, 2.05) is 30.3 Å². The quantitative estimate of drug-likeness (QED) is 0.478. The highest BCUT2D eigenvalue weighted by atomic mass is 16.5. The number of nitrogens with zero attached hydrogens (tertiary/aromatic N) is 1. The minimum atomic E-state index is -0.330. The van der Waals surface area contributed by atoms with E-state index in [9.17, 15) is 9.59 Å². The maximum absolute atomic E-state index is 12.8. The van der Waals surface area contributed by atoms with E-state index in [0.29, 0.717) is 12.1 Å². The first-order chi connectivity index (χ1) is 15.2. The smallest absolute Gasteiger partial charge is 0.267 e. The van der Waals surface area contributed by atoms with Crippen molar-refractivity contribution in [3.63, 3.8) is 0 Å². The molecule has 1 fully saturated rings. The van der Waals surface area contributed by atoms with Crippen LogP contribution in [-0.4, -0.2) is 63.2 Å². The summed E-state index contributed by atoms with van der Waals surface area (Å²) >= 11 is 0. The molecule has 0 aromatic heterocycles. The van der Waals surface area contributed by atoms with E-state index in [1.54, 1.807) is 37.5 Å². The molecule has 0 unspecified atom stereocenters. The Balaban J connectivity index is 1.64. The van der Waals surface area contributed by atoms with Gasteiger partial charge in [-0.2, -0.15) is 0 Å². The zero-order valence-electron chi connectivity index (χ0n) is 17.8. The number of rotatable bonds is 9. The summed E-state index contributed by atoms with van der Waals surface area (Å²) in [7, 11) is 1.60. The molecule has 1 aliphatic rings. The van der Waals surface area contributed by atoms with Gasteiger partial charge in [0.05, 0.1) is 20.3 Å². The third kappa shape index (κ3) is 7.24. The van der Waals surface area contributed by atoms with Crippen molar-refractivity contribution in [1.29, 1.82) is 0 Å². The molecule has 2 aromatic carbocycles. The topological polar surface area (TPSA) is 79.9 Å². The summed E-state index contributed by atoms with van der Waals surface area (Å²) < 4.78 is 10.5. The van der Waals surface area contributed by atoms with Crippen LogP contribution >= 0.6 is 0 Å². The summed E-state index contributed by atoms with van der Waals surface area (Å²) in [5.74, 6) is 0.0745. The molecular formula is C24H29N3O4. The Hall–Kier alpha value is -3.16. The lowest BCUT2D eigenvalue weighted by Crippen LogP contribution is -2.39. The molecule has 3 rings (SSSR count). The van der Waals surface area contributed by atoms with E-state index in [0.717, 1.165) is 50.6 Å². The van der Waals surface area contributed by atoms with Gasteiger partial charge in [0.15, 0.2) is 0 Å². The standard InChI is InChI=1S/C24H29N3O4/c1-30-21-10-8-19(9-11-21)18-22(26-23(28)20-6-3-2-4-7-20)24(29)25-12-5-13-27-14-16-31-17-15-27/h2-4,6-11,18H,5,12-17H2,1H3,(H,25,29)(H,26,28). The summed E-state index contributed by atoms with van der Waals surface area (Å²) in [6.07, 6.45) is 2.49. The molecule has 0 spiro atoms. The lowest BCUT2D eigenvalue weighted by molar-refractivity contribution is -0.117. The molecule has 1 heterocycles. The SMILES string of the molecule is COc1ccc(C=C(NC(=O)c2ccccc2)C(=O)NCCCN2CCOCC2)cc1. The van der Waals surface area contributed by atoms with Crippen LogP contribution in [0.1, 0.15) is 22.3 Å². The lowest BCUT2D eigenvalue weighted by atomic mass is 10.1. The summed E-state index contributed by atoms with van der Waals surface area (Å²) in [5, 5.41) is 5.67. The summed E-state index contributed by atoms with van der Waals surface area (Å²) in [6, 6.07) is 16.1. The monoisotopic (exact) mass is 423 g/mol.